The Morgan fingerprint density at radius 1 is 1.22 bits per heavy atom. The molecule has 1 aliphatic heterocycles. The zero-order valence-corrected chi connectivity index (χ0v) is 19.7. The first-order chi connectivity index (χ1) is 15.4. The van der Waals surface area contributed by atoms with Crippen LogP contribution in [0, 0.1) is 5.92 Å². The molecule has 2 amide bonds. The van der Waals surface area contributed by atoms with Crippen molar-refractivity contribution in [2.75, 3.05) is 45.2 Å². The number of hydrogen-bond acceptors (Lipinski definition) is 6. The molecule has 1 aliphatic carbocycles. The third-order valence-electron chi connectivity index (χ3n) is 6.38. The van der Waals surface area contributed by atoms with Gasteiger partial charge < -0.3 is 15.8 Å². The zero-order valence-electron chi connectivity index (χ0n) is 18.9. The number of nitrogens with zero attached hydrogens (tertiary/aromatic N) is 2. The molecule has 1 aromatic carbocycles. The molecule has 0 saturated carbocycles. The van der Waals surface area contributed by atoms with E-state index in [-0.39, 0.29) is 5.91 Å². The van der Waals surface area contributed by atoms with Crippen LogP contribution in [0.5, 0.6) is 5.75 Å². The molecule has 2 aliphatic rings. The zero-order chi connectivity index (χ0) is 22.7. The van der Waals surface area contributed by atoms with Gasteiger partial charge in [-0.15, -0.1) is 11.3 Å². The highest BCUT2D eigenvalue weighted by Crippen LogP contribution is 2.39. The van der Waals surface area contributed by atoms with Crippen molar-refractivity contribution < 1.29 is 14.3 Å². The van der Waals surface area contributed by atoms with Gasteiger partial charge in [-0.3, -0.25) is 19.4 Å². The minimum absolute atomic E-state index is 0.0830. The van der Waals surface area contributed by atoms with Crippen LogP contribution in [0.2, 0.25) is 0 Å². The summed E-state index contributed by atoms with van der Waals surface area (Å²) in [6.45, 7) is 6.89. The number of hydrogen-bond donors (Lipinski definition) is 2. The molecule has 0 unspecified atom stereocenters. The first kappa shape index (κ1) is 22.8. The maximum atomic E-state index is 12.8. The molecular formula is C24H32N4O3S. The average molecular weight is 457 g/mol. The molecular weight excluding hydrogens is 424 g/mol. The summed E-state index contributed by atoms with van der Waals surface area (Å²) in [5.41, 5.74) is 8.46. The van der Waals surface area contributed by atoms with Crippen LogP contribution in [-0.4, -0.2) is 61.4 Å². The Bertz CT molecular complexity index is 982. The summed E-state index contributed by atoms with van der Waals surface area (Å²) >= 11 is 1.52. The lowest BCUT2D eigenvalue weighted by Crippen LogP contribution is -2.48. The molecule has 4 rings (SSSR count). The Hall–Kier alpha value is -2.42. The molecule has 0 bridgehead atoms. The highest BCUT2D eigenvalue weighted by atomic mass is 32.1. The molecule has 172 valence electrons. The number of primary amides is 1. The van der Waals surface area contributed by atoms with Crippen LogP contribution in [0.4, 0.5) is 5.00 Å². The lowest BCUT2D eigenvalue weighted by molar-refractivity contribution is -0.117. The number of anilines is 1. The monoisotopic (exact) mass is 456 g/mol. The van der Waals surface area contributed by atoms with E-state index in [1.807, 2.05) is 12.1 Å². The van der Waals surface area contributed by atoms with E-state index in [1.54, 1.807) is 7.11 Å². The first-order valence-corrected chi connectivity index (χ1v) is 12.1. The van der Waals surface area contributed by atoms with Crippen molar-refractivity contribution in [3.05, 3.63) is 45.8 Å². The first-order valence-electron chi connectivity index (χ1n) is 11.2. The van der Waals surface area contributed by atoms with Gasteiger partial charge in [0.25, 0.3) is 5.91 Å². The van der Waals surface area contributed by atoms with Crippen LogP contribution in [0.25, 0.3) is 0 Å². The molecule has 32 heavy (non-hydrogen) atoms. The number of piperazine rings is 1. The van der Waals surface area contributed by atoms with Gasteiger partial charge in [0.05, 0.1) is 19.2 Å². The van der Waals surface area contributed by atoms with Crippen molar-refractivity contribution in [3.63, 3.8) is 0 Å². The minimum Gasteiger partial charge on any atom is -0.497 e. The number of carbonyl (C=O) groups excluding carboxylic acids is 2. The van der Waals surface area contributed by atoms with Crippen LogP contribution < -0.4 is 15.8 Å². The van der Waals surface area contributed by atoms with Gasteiger partial charge >= 0.3 is 0 Å². The summed E-state index contributed by atoms with van der Waals surface area (Å²) in [5.74, 6) is 0.940. The fraction of sp³-hybridized carbons (Fsp3) is 0.500. The van der Waals surface area contributed by atoms with Gasteiger partial charge in [0.1, 0.15) is 10.8 Å². The van der Waals surface area contributed by atoms with Crippen molar-refractivity contribution in [1.82, 2.24) is 9.80 Å². The van der Waals surface area contributed by atoms with Gasteiger partial charge in [-0.05, 0) is 48.4 Å². The Morgan fingerprint density at radius 2 is 1.97 bits per heavy atom. The lowest BCUT2D eigenvalue weighted by Gasteiger charge is -2.34. The van der Waals surface area contributed by atoms with E-state index in [4.69, 9.17) is 10.5 Å². The van der Waals surface area contributed by atoms with Gasteiger partial charge in [0.2, 0.25) is 5.91 Å². The Balaban J connectivity index is 1.31. The summed E-state index contributed by atoms with van der Waals surface area (Å²) in [5, 5.41) is 3.61. The van der Waals surface area contributed by atoms with Gasteiger partial charge in [-0.1, -0.05) is 19.1 Å². The number of rotatable bonds is 7. The highest BCUT2D eigenvalue weighted by molar-refractivity contribution is 7.17. The molecule has 1 aromatic heterocycles. The van der Waals surface area contributed by atoms with Gasteiger partial charge in [0.15, 0.2) is 0 Å². The molecule has 2 heterocycles. The van der Waals surface area contributed by atoms with E-state index in [2.05, 4.69) is 34.2 Å². The number of benzene rings is 1. The number of nitrogens with two attached hydrogens (primary N) is 1. The van der Waals surface area contributed by atoms with Crippen LogP contribution in [0.1, 0.15) is 39.7 Å². The molecule has 1 atom stereocenters. The van der Waals surface area contributed by atoms with Crippen LogP contribution in [0.15, 0.2) is 24.3 Å². The van der Waals surface area contributed by atoms with Crippen molar-refractivity contribution in [2.45, 2.75) is 32.7 Å². The smallest absolute Gasteiger partial charge is 0.251 e. The van der Waals surface area contributed by atoms with Crippen LogP contribution in [0.3, 0.4) is 0 Å². The van der Waals surface area contributed by atoms with Gasteiger partial charge in [-0.2, -0.15) is 0 Å². The minimum atomic E-state index is -0.446. The average Bonchev–Trinajstić information content (AvgIpc) is 3.12. The second kappa shape index (κ2) is 10.0. The largest absolute Gasteiger partial charge is 0.497 e. The summed E-state index contributed by atoms with van der Waals surface area (Å²) < 4.78 is 5.31. The van der Waals surface area contributed by atoms with E-state index in [1.165, 1.54) is 21.8 Å². The summed E-state index contributed by atoms with van der Waals surface area (Å²) in [7, 11) is 1.68. The number of amides is 2. The molecule has 8 heteroatoms. The van der Waals surface area contributed by atoms with Gasteiger partial charge in [0, 0.05) is 37.6 Å². The van der Waals surface area contributed by atoms with Gasteiger partial charge in [-0.25, -0.2) is 0 Å². The number of nitrogens with one attached hydrogen (secondary N) is 1. The quantitative estimate of drug-likeness (QED) is 0.669. The molecule has 0 radical (unpaired) electrons. The third kappa shape index (κ3) is 5.31. The maximum absolute atomic E-state index is 12.8. The fourth-order valence-corrected chi connectivity index (χ4v) is 6.04. The van der Waals surface area contributed by atoms with Crippen molar-refractivity contribution in [3.8, 4) is 5.75 Å². The Morgan fingerprint density at radius 3 is 2.69 bits per heavy atom. The second-order valence-corrected chi connectivity index (χ2v) is 9.98. The number of carbonyl (C=O) groups is 2. The van der Waals surface area contributed by atoms with E-state index >= 15 is 0 Å². The molecule has 3 N–H and O–H groups in total. The van der Waals surface area contributed by atoms with E-state index in [9.17, 15) is 9.59 Å². The summed E-state index contributed by atoms with van der Waals surface area (Å²) in [6.07, 6.45) is 2.86. The molecule has 1 fully saturated rings. The number of fused-ring (bicyclic) bond motifs is 1. The molecule has 7 nitrogen and oxygen atoms in total. The van der Waals surface area contributed by atoms with Crippen LogP contribution in [-0.2, 0) is 24.2 Å². The van der Waals surface area contributed by atoms with Crippen molar-refractivity contribution in [1.29, 1.82) is 0 Å². The van der Waals surface area contributed by atoms with Crippen molar-refractivity contribution >= 4 is 28.2 Å². The van der Waals surface area contributed by atoms with E-state index < -0.39 is 5.91 Å². The maximum Gasteiger partial charge on any atom is 0.251 e. The number of thiophene rings is 1. The standard InChI is InChI=1S/C24H32N4O3S/c1-16-6-7-19-20(12-16)32-24(22(19)23(25)30)26-21(29)15-28-10-8-27(9-11-28)14-17-4-3-5-18(13-17)31-2/h3-5,13,16H,6-12,14-15H2,1-2H3,(H2,25,30)(H,26,29)/t16-/m1/s1. The van der Waals surface area contributed by atoms with Crippen molar-refractivity contribution in [2.24, 2.45) is 11.7 Å². The topological polar surface area (TPSA) is 87.9 Å². The Kier molecular flexibility index (Phi) is 7.13. The van der Waals surface area contributed by atoms with E-state index in [0.29, 0.717) is 23.0 Å². The predicted octanol–water partition coefficient (Wildman–Crippen LogP) is 2.74. The highest BCUT2D eigenvalue weighted by Gasteiger charge is 2.28. The third-order valence-corrected chi connectivity index (χ3v) is 7.55. The van der Waals surface area contributed by atoms with E-state index in [0.717, 1.165) is 63.3 Å². The predicted molar refractivity (Wildman–Crippen MR) is 127 cm³/mol. The van der Waals surface area contributed by atoms with Crippen LogP contribution >= 0.6 is 11.3 Å². The SMILES string of the molecule is COc1cccc(CN2CCN(CC(=O)Nc3sc4c(c3C(N)=O)CC[C@@H](C)C4)CC2)c1. The lowest BCUT2D eigenvalue weighted by atomic mass is 9.88. The molecule has 0 spiro atoms. The Labute approximate surface area is 193 Å². The summed E-state index contributed by atoms with van der Waals surface area (Å²) in [6, 6.07) is 8.14. The fourth-order valence-electron chi connectivity index (χ4n) is 4.60. The molecule has 2 aromatic rings. The normalized spacial score (nSPS) is 19.4. The second-order valence-electron chi connectivity index (χ2n) is 8.87. The number of methoxy groups -OCH3 is 1. The molecule has 1 saturated heterocycles. The number of ether oxygens (including phenoxy) is 1. The summed E-state index contributed by atoms with van der Waals surface area (Å²) in [4.78, 5) is 30.6.